The van der Waals surface area contributed by atoms with E-state index in [1.807, 2.05) is 41.9 Å². The molecule has 0 aliphatic carbocycles. The van der Waals surface area contributed by atoms with Crippen molar-refractivity contribution in [2.45, 2.75) is 0 Å². The van der Waals surface area contributed by atoms with E-state index in [0.29, 0.717) is 16.2 Å². The lowest BCUT2D eigenvalue weighted by Gasteiger charge is -2.04. The van der Waals surface area contributed by atoms with E-state index in [4.69, 9.17) is 4.74 Å². The number of carbonyl (C=O) groups is 2. The fourth-order valence-corrected chi connectivity index (χ4v) is 3.78. The third-order valence-corrected chi connectivity index (χ3v) is 5.36. The van der Waals surface area contributed by atoms with Crippen LogP contribution in [0.1, 0.15) is 20.0 Å². The van der Waals surface area contributed by atoms with Crippen LogP contribution in [0, 0.1) is 0 Å². The summed E-state index contributed by atoms with van der Waals surface area (Å²) in [5, 5.41) is 0. The summed E-state index contributed by atoms with van der Waals surface area (Å²) < 4.78 is 12.1. The Labute approximate surface area is 165 Å². The maximum atomic E-state index is 12.5. The molecule has 2 heterocycles. The number of aromatic nitrogens is 2. The lowest BCUT2D eigenvalue weighted by atomic mass is 10.2. The van der Waals surface area contributed by atoms with Gasteiger partial charge in [-0.2, -0.15) is 0 Å². The van der Waals surface area contributed by atoms with Gasteiger partial charge in [0.05, 0.1) is 28.6 Å². The molecule has 28 heavy (non-hydrogen) atoms. The third-order valence-electron chi connectivity index (χ3n) is 4.30. The first-order chi connectivity index (χ1) is 13.6. The average Bonchev–Trinajstić information content (AvgIpc) is 3.33. The van der Waals surface area contributed by atoms with Crippen LogP contribution in [0.15, 0.2) is 60.7 Å². The molecule has 7 heteroatoms. The Morgan fingerprint density at radius 1 is 0.964 bits per heavy atom. The van der Waals surface area contributed by atoms with Crippen molar-refractivity contribution in [2.24, 2.45) is 7.05 Å². The van der Waals surface area contributed by atoms with E-state index in [1.165, 1.54) is 18.4 Å². The summed E-state index contributed by atoms with van der Waals surface area (Å²) in [6.07, 6.45) is 0. The molecule has 0 saturated heterocycles. The predicted octanol–water partition coefficient (Wildman–Crippen LogP) is 4.31. The first-order valence-corrected chi connectivity index (χ1v) is 9.30. The summed E-state index contributed by atoms with van der Waals surface area (Å²) in [7, 11) is 3.26. The van der Waals surface area contributed by atoms with Gasteiger partial charge in [0.25, 0.3) is 0 Å². The highest BCUT2D eigenvalue weighted by Crippen LogP contribution is 2.30. The van der Waals surface area contributed by atoms with E-state index in [-0.39, 0.29) is 0 Å². The van der Waals surface area contributed by atoms with Gasteiger partial charge in [-0.15, -0.1) is 11.3 Å². The van der Waals surface area contributed by atoms with Gasteiger partial charge in [-0.3, -0.25) is 0 Å². The highest BCUT2D eigenvalue weighted by molar-refractivity contribution is 7.17. The number of nitrogens with zero attached hydrogens (tertiary/aromatic N) is 2. The number of esters is 2. The molecule has 0 bridgehead atoms. The van der Waals surface area contributed by atoms with E-state index >= 15 is 0 Å². The Bertz CT molecular complexity index is 1170. The Morgan fingerprint density at radius 3 is 2.43 bits per heavy atom. The number of methoxy groups -OCH3 is 1. The number of aryl methyl sites for hydroxylation is 1. The van der Waals surface area contributed by atoms with Gasteiger partial charge in [0.15, 0.2) is 5.82 Å². The molecule has 2 aromatic heterocycles. The lowest BCUT2D eigenvalue weighted by Crippen LogP contribution is -2.07. The Morgan fingerprint density at radius 2 is 1.71 bits per heavy atom. The topological polar surface area (TPSA) is 70.4 Å². The zero-order chi connectivity index (χ0) is 19.7. The number of carbonyl (C=O) groups excluding carboxylic acids is 2. The maximum Gasteiger partial charge on any atom is 0.353 e. The second kappa shape index (κ2) is 7.28. The third kappa shape index (κ3) is 3.27. The summed E-state index contributed by atoms with van der Waals surface area (Å²) in [5.41, 5.74) is 2.33. The second-order valence-corrected chi connectivity index (χ2v) is 7.14. The van der Waals surface area contributed by atoms with Gasteiger partial charge in [0.1, 0.15) is 10.6 Å². The normalized spacial score (nSPS) is 10.8. The summed E-state index contributed by atoms with van der Waals surface area (Å²) in [5.74, 6) is 0.257. The molecule has 0 aliphatic rings. The minimum Gasteiger partial charge on any atom is -0.465 e. The minimum atomic E-state index is -0.458. The zero-order valence-electron chi connectivity index (χ0n) is 15.2. The molecule has 0 atom stereocenters. The minimum absolute atomic E-state index is 0.357. The first kappa shape index (κ1) is 17.9. The fourth-order valence-electron chi connectivity index (χ4n) is 2.87. The van der Waals surface area contributed by atoms with Crippen LogP contribution in [0.4, 0.5) is 0 Å². The molecule has 140 valence electrons. The maximum absolute atomic E-state index is 12.5. The number of para-hydroxylation sites is 2. The standard InChI is InChI=1S/C21H16N2O4S/c1-23-16-6-4-3-5-15(16)22-19(23)17-11-12-18(28-17)21(25)27-14-9-7-13(8-10-14)20(24)26-2/h3-12H,1-2H3. The summed E-state index contributed by atoms with van der Waals surface area (Å²) in [6.45, 7) is 0. The molecule has 0 N–H and O–H groups in total. The number of thiophene rings is 1. The summed E-state index contributed by atoms with van der Waals surface area (Å²) in [6, 6.07) is 17.7. The van der Waals surface area contributed by atoms with E-state index in [1.54, 1.807) is 30.3 Å². The van der Waals surface area contributed by atoms with Gasteiger partial charge in [-0.1, -0.05) is 12.1 Å². The van der Waals surface area contributed by atoms with Crippen LogP contribution in [0.2, 0.25) is 0 Å². The molecule has 0 amide bonds. The van der Waals surface area contributed by atoms with Crippen LogP contribution in [0.5, 0.6) is 5.75 Å². The lowest BCUT2D eigenvalue weighted by molar-refractivity contribution is 0.0600. The van der Waals surface area contributed by atoms with Gasteiger partial charge in [0.2, 0.25) is 0 Å². The highest BCUT2D eigenvalue weighted by atomic mass is 32.1. The Kier molecular flexibility index (Phi) is 4.67. The van der Waals surface area contributed by atoms with E-state index in [0.717, 1.165) is 21.7 Å². The van der Waals surface area contributed by atoms with Crippen molar-refractivity contribution >= 4 is 34.3 Å². The van der Waals surface area contributed by atoms with Crippen LogP contribution in [0.25, 0.3) is 21.7 Å². The number of rotatable bonds is 4. The number of fused-ring (bicyclic) bond motifs is 1. The van der Waals surface area contributed by atoms with Crippen molar-refractivity contribution in [3.05, 3.63) is 71.1 Å². The number of hydrogen-bond acceptors (Lipinski definition) is 6. The second-order valence-electron chi connectivity index (χ2n) is 6.05. The van der Waals surface area contributed by atoms with Crippen LogP contribution in [0.3, 0.4) is 0 Å². The van der Waals surface area contributed by atoms with Gasteiger partial charge in [-0.05, 0) is 48.5 Å². The van der Waals surface area contributed by atoms with Crippen molar-refractivity contribution in [2.75, 3.05) is 7.11 Å². The number of ether oxygens (including phenoxy) is 2. The van der Waals surface area contributed by atoms with Crippen molar-refractivity contribution in [3.63, 3.8) is 0 Å². The Hall–Kier alpha value is -3.45. The van der Waals surface area contributed by atoms with Crippen LogP contribution < -0.4 is 4.74 Å². The largest absolute Gasteiger partial charge is 0.465 e. The van der Waals surface area contributed by atoms with Gasteiger partial charge < -0.3 is 14.0 Å². The predicted molar refractivity (Wildman–Crippen MR) is 107 cm³/mol. The Balaban J connectivity index is 1.54. The molecule has 0 fully saturated rings. The van der Waals surface area contributed by atoms with Crippen LogP contribution in [-0.2, 0) is 11.8 Å². The molecular weight excluding hydrogens is 376 g/mol. The summed E-state index contributed by atoms with van der Waals surface area (Å²) in [4.78, 5) is 29.9. The molecule has 4 aromatic rings. The van der Waals surface area contributed by atoms with Crippen LogP contribution in [-0.4, -0.2) is 28.6 Å². The monoisotopic (exact) mass is 392 g/mol. The number of benzene rings is 2. The highest BCUT2D eigenvalue weighted by Gasteiger charge is 2.16. The average molecular weight is 392 g/mol. The number of hydrogen-bond donors (Lipinski definition) is 0. The molecule has 0 radical (unpaired) electrons. The van der Waals surface area contributed by atoms with Crippen molar-refractivity contribution < 1.29 is 19.1 Å². The van der Waals surface area contributed by atoms with Gasteiger partial charge in [-0.25, -0.2) is 14.6 Å². The molecule has 4 rings (SSSR count). The van der Waals surface area contributed by atoms with Gasteiger partial charge in [0, 0.05) is 7.05 Å². The van der Waals surface area contributed by atoms with Crippen molar-refractivity contribution in [1.29, 1.82) is 0 Å². The fraction of sp³-hybridized carbons (Fsp3) is 0.0952. The SMILES string of the molecule is COC(=O)c1ccc(OC(=O)c2ccc(-c3nc4ccccc4n3C)s2)cc1. The van der Waals surface area contributed by atoms with Crippen molar-refractivity contribution in [3.8, 4) is 16.5 Å². The zero-order valence-corrected chi connectivity index (χ0v) is 16.0. The smallest absolute Gasteiger partial charge is 0.353 e. The molecule has 0 saturated carbocycles. The van der Waals surface area contributed by atoms with E-state index in [2.05, 4.69) is 9.72 Å². The first-order valence-electron chi connectivity index (χ1n) is 8.49. The van der Waals surface area contributed by atoms with Crippen molar-refractivity contribution in [1.82, 2.24) is 9.55 Å². The number of imidazole rings is 1. The van der Waals surface area contributed by atoms with Gasteiger partial charge >= 0.3 is 11.9 Å². The molecule has 0 unspecified atom stereocenters. The summed E-state index contributed by atoms with van der Waals surface area (Å²) >= 11 is 1.32. The van der Waals surface area contributed by atoms with Crippen LogP contribution >= 0.6 is 11.3 Å². The molecule has 0 aliphatic heterocycles. The van der Waals surface area contributed by atoms with E-state index < -0.39 is 11.9 Å². The molecular formula is C21H16N2O4S. The van der Waals surface area contributed by atoms with E-state index in [9.17, 15) is 9.59 Å². The molecule has 6 nitrogen and oxygen atoms in total. The molecule has 2 aromatic carbocycles. The quantitative estimate of drug-likeness (QED) is 0.382. The molecule has 0 spiro atoms.